The summed E-state index contributed by atoms with van der Waals surface area (Å²) in [6.45, 7) is 2.00. The van der Waals surface area contributed by atoms with Crippen molar-refractivity contribution in [3.05, 3.63) is 95.6 Å². The van der Waals surface area contributed by atoms with E-state index in [-0.39, 0.29) is 0 Å². The predicted octanol–water partition coefficient (Wildman–Crippen LogP) is 3.85. The third-order valence-electron chi connectivity index (χ3n) is 3.81. The molecule has 0 amide bonds. The van der Waals surface area contributed by atoms with Gasteiger partial charge in [-0.05, 0) is 18.1 Å². The molecule has 0 radical (unpaired) electrons. The Morgan fingerprint density at radius 3 is 1.95 bits per heavy atom. The molecule has 0 atom stereocenters. The van der Waals surface area contributed by atoms with Gasteiger partial charge in [0.25, 0.3) is 0 Å². The highest BCUT2D eigenvalue weighted by molar-refractivity contribution is 5.69. The van der Waals surface area contributed by atoms with Gasteiger partial charge in [-0.1, -0.05) is 84.4 Å². The molecule has 2 N–H and O–H groups in total. The van der Waals surface area contributed by atoms with Crippen LogP contribution >= 0.6 is 0 Å². The molecule has 0 heterocycles. The Labute approximate surface area is 130 Å². The molecule has 0 saturated heterocycles. The molecule has 3 aromatic carbocycles. The van der Waals surface area contributed by atoms with Gasteiger partial charge >= 0.3 is 0 Å². The third kappa shape index (κ3) is 2.67. The van der Waals surface area contributed by atoms with E-state index in [1.807, 2.05) is 55.5 Å². The molecule has 0 fully saturated rings. The first-order valence-electron chi connectivity index (χ1n) is 7.26. The van der Waals surface area contributed by atoms with Crippen molar-refractivity contribution in [3.63, 3.8) is 0 Å². The van der Waals surface area contributed by atoms with Crippen LogP contribution < -0.4 is 0 Å². The van der Waals surface area contributed by atoms with Crippen LogP contribution in [-0.2, 0) is 5.79 Å². The standard InChI is InChI=1S/C20H18O2/c1-15-12-13-19(18(14-15)16-8-4-2-5-9-16)20(21,22)17-10-6-3-7-11-17/h2-14,21-22H,1H3. The maximum Gasteiger partial charge on any atom is 0.217 e. The van der Waals surface area contributed by atoms with Gasteiger partial charge in [-0.15, -0.1) is 0 Å². The molecule has 22 heavy (non-hydrogen) atoms. The largest absolute Gasteiger partial charge is 0.358 e. The van der Waals surface area contributed by atoms with Crippen molar-refractivity contribution >= 4 is 0 Å². The molecule has 0 aliphatic carbocycles. The van der Waals surface area contributed by atoms with Gasteiger partial charge in [0.05, 0.1) is 0 Å². The molecule has 3 rings (SSSR count). The number of benzene rings is 3. The van der Waals surface area contributed by atoms with Gasteiger partial charge in [0.2, 0.25) is 5.79 Å². The van der Waals surface area contributed by atoms with E-state index < -0.39 is 5.79 Å². The highest BCUT2D eigenvalue weighted by Crippen LogP contribution is 2.35. The summed E-state index contributed by atoms with van der Waals surface area (Å²) >= 11 is 0. The second kappa shape index (κ2) is 5.76. The van der Waals surface area contributed by atoms with Gasteiger partial charge in [-0.25, -0.2) is 0 Å². The lowest BCUT2D eigenvalue weighted by molar-refractivity contribution is -0.131. The second-order valence-electron chi connectivity index (χ2n) is 5.45. The summed E-state index contributed by atoms with van der Waals surface area (Å²) < 4.78 is 0. The summed E-state index contributed by atoms with van der Waals surface area (Å²) in [7, 11) is 0. The van der Waals surface area contributed by atoms with Crippen molar-refractivity contribution < 1.29 is 10.2 Å². The topological polar surface area (TPSA) is 40.5 Å². The quantitative estimate of drug-likeness (QED) is 0.719. The first-order valence-corrected chi connectivity index (χ1v) is 7.26. The Morgan fingerprint density at radius 1 is 0.727 bits per heavy atom. The van der Waals surface area contributed by atoms with Crippen molar-refractivity contribution in [2.75, 3.05) is 0 Å². The molecule has 0 spiro atoms. The molecule has 0 bridgehead atoms. The fraction of sp³-hybridized carbons (Fsp3) is 0.100. The van der Waals surface area contributed by atoms with Gasteiger partial charge in [0, 0.05) is 11.1 Å². The average Bonchev–Trinajstić information content (AvgIpc) is 2.56. The summed E-state index contributed by atoms with van der Waals surface area (Å²) in [6.07, 6.45) is 0. The number of hydrogen-bond acceptors (Lipinski definition) is 2. The van der Waals surface area contributed by atoms with Crippen molar-refractivity contribution in [1.82, 2.24) is 0 Å². The maximum atomic E-state index is 10.7. The summed E-state index contributed by atoms with van der Waals surface area (Å²) in [4.78, 5) is 0. The zero-order valence-corrected chi connectivity index (χ0v) is 12.4. The fourth-order valence-corrected chi connectivity index (χ4v) is 2.64. The van der Waals surface area contributed by atoms with E-state index in [4.69, 9.17) is 0 Å². The molecule has 0 saturated carbocycles. The van der Waals surface area contributed by atoms with Crippen LogP contribution in [0.15, 0.2) is 78.9 Å². The molecule has 2 nitrogen and oxygen atoms in total. The van der Waals surface area contributed by atoms with Gasteiger partial charge in [0.15, 0.2) is 0 Å². The Bertz CT molecular complexity index is 762. The number of aryl methyl sites for hydroxylation is 1. The Morgan fingerprint density at radius 2 is 1.32 bits per heavy atom. The average molecular weight is 290 g/mol. The van der Waals surface area contributed by atoms with Gasteiger partial charge in [-0.3, -0.25) is 0 Å². The smallest absolute Gasteiger partial charge is 0.217 e. The first-order chi connectivity index (χ1) is 10.6. The summed E-state index contributed by atoms with van der Waals surface area (Å²) in [5.41, 5.74) is 3.80. The van der Waals surface area contributed by atoms with E-state index in [0.29, 0.717) is 11.1 Å². The van der Waals surface area contributed by atoms with Crippen molar-refractivity contribution in [1.29, 1.82) is 0 Å². The summed E-state index contributed by atoms with van der Waals surface area (Å²) in [6, 6.07) is 24.3. The molecule has 0 unspecified atom stereocenters. The molecule has 2 heteroatoms. The first kappa shape index (κ1) is 14.5. The third-order valence-corrected chi connectivity index (χ3v) is 3.81. The second-order valence-corrected chi connectivity index (χ2v) is 5.45. The fourth-order valence-electron chi connectivity index (χ4n) is 2.64. The highest BCUT2D eigenvalue weighted by atomic mass is 16.5. The van der Waals surface area contributed by atoms with Crippen molar-refractivity contribution in [3.8, 4) is 11.1 Å². The van der Waals surface area contributed by atoms with Crippen LogP contribution in [-0.4, -0.2) is 10.2 Å². The van der Waals surface area contributed by atoms with Gasteiger partial charge < -0.3 is 10.2 Å². The van der Waals surface area contributed by atoms with Crippen LogP contribution in [0, 0.1) is 6.92 Å². The molecule has 0 aromatic heterocycles. The lowest BCUT2D eigenvalue weighted by Gasteiger charge is -2.26. The lowest BCUT2D eigenvalue weighted by Crippen LogP contribution is -2.27. The molecule has 3 aromatic rings. The maximum absolute atomic E-state index is 10.7. The minimum Gasteiger partial charge on any atom is -0.358 e. The summed E-state index contributed by atoms with van der Waals surface area (Å²) in [5.74, 6) is -2.03. The number of hydrogen-bond donors (Lipinski definition) is 2. The number of aliphatic hydroxyl groups is 2. The highest BCUT2D eigenvalue weighted by Gasteiger charge is 2.31. The Balaban J connectivity index is 2.19. The van der Waals surface area contributed by atoms with E-state index in [9.17, 15) is 10.2 Å². The monoisotopic (exact) mass is 290 g/mol. The van der Waals surface area contributed by atoms with Gasteiger partial charge in [-0.2, -0.15) is 0 Å². The minimum atomic E-state index is -2.03. The number of rotatable bonds is 3. The van der Waals surface area contributed by atoms with Crippen molar-refractivity contribution in [2.24, 2.45) is 0 Å². The zero-order valence-electron chi connectivity index (χ0n) is 12.4. The normalized spacial score (nSPS) is 11.4. The lowest BCUT2D eigenvalue weighted by atomic mass is 9.89. The zero-order chi connectivity index (χ0) is 15.6. The van der Waals surface area contributed by atoms with E-state index in [2.05, 4.69) is 0 Å². The van der Waals surface area contributed by atoms with Crippen LogP contribution in [0.1, 0.15) is 16.7 Å². The predicted molar refractivity (Wildman–Crippen MR) is 88.3 cm³/mol. The van der Waals surface area contributed by atoms with E-state index in [1.165, 1.54) is 0 Å². The SMILES string of the molecule is Cc1ccc(C(O)(O)c2ccccc2)c(-c2ccccc2)c1. The molecule has 0 aliphatic rings. The van der Waals surface area contributed by atoms with Crippen LogP contribution in [0.3, 0.4) is 0 Å². The van der Waals surface area contributed by atoms with Crippen LogP contribution in [0.25, 0.3) is 11.1 Å². The van der Waals surface area contributed by atoms with Crippen molar-refractivity contribution in [2.45, 2.75) is 12.7 Å². The van der Waals surface area contributed by atoms with E-state index >= 15 is 0 Å². The molecule has 110 valence electrons. The minimum absolute atomic E-state index is 0.455. The summed E-state index contributed by atoms with van der Waals surface area (Å²) in [5, 5.41) is 21.5. The van der Waals surface area contributed by atoms with Crippen LogP contribution in [0.5, 0.6) is 0 Å². The molecular weight excluding hydrogens is 272 g/mol. The van der Waals surface area contributed by atoms with E-state index in [1.54, 1.807) is 30.3 Å². The van der Waals surface area contributed by atoms with Crippen LogP contribution in [0.4, 0.5) is 0 Å². The molecular formula is C20H18O2. The van der Waals surface area contributed by atoms with Crippen LogP contribution in [0.2, 0.25) is 0 Å². The van der Waals surface area contributed by atoms with Gasteiger partial charge in [0.1, 0.15) is 0 Å². The van der Waals surface area contributed by atoms with E-state index in [0.717, 1.165) is 16.7 Å². The molecule has 0 aliphatic heterocycles. The Hall–Kier alpha value is -2.42. The Kier molecular flexibility index (Phi) is 3.80.